The van der Waals surface area contributed by atoms with Gasteiger partial charge in [-0.3, -0.25) is 0 Å². The van der Waals surface area contributed by atoms with Gasteiger partial charge in [0, 0.05) is 24.6 Å². The van der Waals surface area contributed by atoms with Crippen LogP contribution in [0.25, 0.3) is 0 Å². The highest BCUT2D eigenvalue weighted by atomic mass is 16.5. The van der Waals surface area contributed by atoms with Gasteiger partial charge in [-0.05, 0) is 36.1 Å². The highest BCUT2D eigenvalue weighted by Gasteiger charge is 2.24. The minimum atomic E-state index is -0.677. The van der Waals surface area contributed by atoms with Crippen LogP contribution in [0.3, 0.4) is 0 Å². The van der Waals surface area contributed by atoms with Crippen molar-refractivity contribution in [3.8, 4) is 11.5 Å². The lowest BCUT2D eigenvalue weighted by atomic mass is 9.99. The van der Waals surface area contributed by atoms with Crippen LogP contribution >= 0.6 is 0 Å². The first-order chi connectivity index (χ1) is 13.5. The van der Waals surface area contributed by atoms with E-state index in [1.807, 2.05) is 48.6 Å². The Morgan fingerprint density at radius 2 is 1.75 bits per heavy atom. The second-order valence-corrected chi connectivity index (χ2v) is 6.69. The normalized spacial score (nSPS) is 20.5. The summed E-state index contributed by atoms with van der Waals surface area (Å²) in [4.78, 5) is 12.9. The molecule has 28 heavy (non-hydrogen) atoms. The zero-order valence-corrected chi connectivity index (χ0v) is 15.5. The largest absolute Gasteiger partial charge is 0.508 e. The summed E-state index contributed by atoms with van der Waals surface area (Å²) < 4.78 is 5.74. The molecule has 0 radical (unpaired) electrons. The summed E-state index contributed by atoms with van der Waals surface area (Å²) in [5.41, 5.74) is 1.48. The van der Waals surface area contributed by atoms with E-state index in [0.717, 1.165) is 24.5 Å². The summed E-state index contributed by atoms with van der Waals surface area (Å²) in [5.74, 6) is -1.20. The number of ether oxygens (including phenoxy) is 1. The van der Waals surface area contributed by atoms with Gasteiger partial charge in [-0.25, -0.2) is 4.79 Å². The average Bonchev–Trinajstić information content (AvgIpc) is 2.65. The Bertz CT molecular complexity index is 916. The molecule has 0 saturated heterocycles. The zero-order valence-electron chi connectivity index (χ0n) is 15.5. The molecule has 1 atom stereocenters. The van der Waals surface area contributed by atoms with Gasteiger partial charge in [-0.2, -0.15) is 0 Å². The summed E-state index contributed by atoms with van der Waals surface area (Å²) >= 11 is 0. The number of benzene rings is 2. The van der Waals surface area contributed by atoms with Crippen molar-refractivity contribution in [2.75, 3.05) is 0 Å². The molecule has 3 N–H and O–H groups in total. The summed E-state index contributed by atoms with van der Waals surface area (Å²) in [6.45, 7) is 0. The number of cyclic esters (lactones) is 1. The quantitative estimate of drug-likeness (QED) is 0.489. The van der Waals surface area contributed by atoms with Crippen LogP contribution in [0.4, 0.5) is 0 Å². The molecule has 0 amide bonds. The van der Waals surface area contributed by atoms with Gasteiger partial charge in [-0.15, -0.1) is 0 Å². The summed E-state index contributed by atoms with van der Waals surface area (Å²) in [7, 11) is 0. The molecule has 1 aliphatic rings. The first-order valence-corrected chi connectivity index (χ1v) is 9.24. The number of esters is 1. The van der Waals surface area contributed by atoms with Gasteiger partial charge < -0.3 is 20.4 Å². The van der Waals surface area contributed by atoms with Crippen LogP contribution in [0, 0.1) is 5.41 Å². The predicted molar refractivity (Wildman–Crippen MR) is 108 cm³/mol. The first-order valence-electron chi connectivity index (χ1n) is 9.24. The molecule has 5 nitrogen and oxygen atoms in total. The van der Waals surface area contributed by atoms with E-state index in [4.69, 9.17) is 10.1 Å². The van der Waals surface area contributed by atoms with Crippen LogP contribution in [0.5, 0.6) is 11.5 Å². The van der Waals surface area contributed by atoms with Crippen molar-refractivity contribution in [3.05, 3.63) is 83.5 Å². The van der Waals surface area contributed by atoms with Crippen molar-refractivity contribution in [3.63, 3.8) is 0 Å². The fourth-order valence-corrected chi connectivity index (χ4v) is 3.17. The second kappa shape index (κ2) is 9.04. The van der Waals surface area contributed by atoms with Gasteiger partial charge >= 0.3 is 5.97 Å². The molecule has 0 saturated carbocycles. The van der Waals surface area contributed by atoms with Gasteiger partial charge in [0.05, 0.1) is 0 Å². The Hall–Kier alpha value is -3.34. The van der Waals surface area contributed by atoms with E-state index < -0.39 is 12.1 Å². The maximum Gasteiger partial charge on any atom is 0.342 e. The van der Waals surface area contributed by atoms with Crippen LogP contribution in [-0.4, -0.2) is 21.9 Å². The monoisotopic (exact) mass is 377 g/mol. The standard InChI is InChI=1S/C23H23NO4/c24-18-11-7-2-1-3-8-12-21(16-9-5-4-6-10-16)28-23(27)22-17(13-18)14-19(25)15-20(22)26/h3-11,14-15,21,24-26H,1-2,12-13H2/b8-3+,11-7+,24-18?/t21-/m0/s1. The van der Waals surface area contributed by atoms with Crippen molar-refractivity contribution in [1.29, 1.82) is 5.41 Å². The second-order valence-electron chi connectivity index (χ2n) is 6.69. The predicted octanol–water partition coefficient (Wildman–Crippen LogP) is 4.85. The Kier molecular flexibility index (Phi) is 6.27. The minimum absolute atomic E-state index is 0.0158. The number of allylic oxidation sites excluding steroid dienone is 3. The fourth-order valence-electron chi connectivity index (χ4n) is 3.17. The Labute approximate surface area is 164 Å². The average molecular weight is 377 g/mol. The Balaban J connectivity index is 2.01. The number of carbonyl (C=O) groups is 1. The fraction of sp³-hybridized carbons (Fsp3) is 0.217. The molecule has 3 rings (SSSR count). The van der Waals surface area contributed by atoms with Crippen molar-refractivity contribution in [2.24, 2.45) is 0 Å². The molecule has 0 aliphatic carbocycles. The lowest BCUT2D eigenvalue weighted by Crippen LogP contribution is -2.15. The number of phenols is 2. The van der Waals surface area contributed by atoms with E-state index in [9.17, 15) is 15.0 Å². The molecule has 0 bridgehead atoms. The smallest absolute Gasteiger partial charge is 0.342 e. The summed E-state index contributed by atoms with van der Waals surface area (Å²) in [6.07, 6.45) is 9.36. The minimum Gasteiger partial charge on any atom is -0.508 e. The maximum absolute atomic E-state index is 12.9. The van der Waals surface area contributed by atoms with Gasteiger partial charge in [-0.1, -0.05) is 48.6 Å². The highest BCUT2D eigenvalue weighted by molar-refractivity contribution is 5.99. The third-order valence-electron chi connectivity index (χ3n) is 4.53. The molecule has 0 fully saturated rings. The van der Waals surface area contributed by atoms with Crippen LogP contribution in [0.15, 0.2) is 66.8 Å². The number of fused-ring (bicyclic) bond motifs is 1. The van der Waals surface area contributed by atoms with Gasteiger partial charge in [0.1, 0.15) is 23.2 Å². The van der Waals surface area contributed by atoms with Crippen molar-refractivity contribution in [2.45, 2.75) is 31.8 Å². The lowest BCUT2D eigenvalue weighted by Gasteiger charge is -2.19. The number of phenolic OH excluding ortho intramolecular Hbond substituents is 2. The van der Waals surface area contributed by atoms with E-state index in [-0.39, 0.29) is 29.2 Å². The molecule has 1 heterocycles. The third kappa shape index (κ3) is 4.88. The third-order valence-corrected chi connectivity index (χ3v) is 4.53. The van der Waals surface area contributed by atoms with E-state index in [1.165, 1.54) is 6.07 Å². The number of nitrogens with one attached hydrogen (secondary N) is 1. The number of aromatic hydroxyl groups is 2. The molecule has 5 heteroatoms. The number of carbonyl (C=O) groups excluding carboxylic acids is 1. The molecular weight excluding hydrogens is 354 g/mol. The van der Waals surface area contributed by atoms with Crippen LogP contribution < -0.4 is 0 Å². The Morgan fingerprint density at radius 3 is 2.54 bits per heavy atom. The molecular formula is C23H23NO4. The van der Waals surface area contributed by atoms with Crippen LogP contribution in [0.2, 0.25) is 0 Å². The molecule has 2 aromatic rings. The topological polar surface area (TPSA) is 90.6 Å². The molecule has 0 aromatic heterocycles. The van der Waals surface area contributed by atoms with Gasteiger partial charge in [0.2, 0.25) is 0 Å². The molecule has 144 valence electrons. The van der Waals surface area contributed by atoms with Crippen molar-refractivity contribution in [1.82, 2.24) is 0 Å². The Morgan fingerprint density at radius 1 is 1.00 bits per heavy atom. The lowest BCUT2D eigenvalue weighted by molar-refractivity contribution is 0.0299. The van der Waals surface area contributed by atoms with Crippen molar-refractivity contribution < 1.29 is 19.7 Å². The summed E-state index contributed by atoms with van der Waals surface area (Å²) in [6, 6.07) is 11.9. The van der Waals surface area contributed by atoms with Crippen LogP contribution in [-0.2, 0) is 11.2 Å². The van der Waals surface area contributed by atoms with Gasteiger partial charge in [0.15, 0.2) is 0 Å². The SMILES string of the molecule is N=C1/C=C/CC/C=C/C[C@@H](c2ccccc2)OC(=O)c2c(O)cc(O)cc2C1. The van der Waals surface area contributed by atoms with Crippen LogP contribution in [0.1, 0.15) is 46.9 Å². The van der Waals surface area contributed by atoms with Gasteiger partial charge in [0.25, 0.3) is 0 Å². The molecule has 0 spiro atoms. The highest BCUT2D eigenvalue weighted by Crippen LogP contribution is 2.31. The zero-order chi connectivity index (χ0) is 19.9. The van der Waals surface area contributed by atoms with E-state index in [0.29, 0.717) is 12.0 Å². The number of hydrogen-bond acceptors (Lipinski definition) is 5. The molecule has 1 aliphatic heterocycles. The number of hydrogen-bond donors (Lipinski definition) is 3. The maximum atomic E-state index is 12.9. The molecule has 2 aromatic carbocycles. The number of rotatable bonds is 1. The molecule has 0 unspecified atom stereocenters. The summed E-state index contributed by atoms with van der Waals surface area (Å²) in [5, 5.41) is 28.2. The van der Waals surface area contributed by atoms with E-state index in [2.05, 4.69) is 0 Å². The van der Waals surface area contributed by atoms with E-state index in [1.54, 1.807) is 6.08 Å². The first kappa shape index (κ1) is 19.4. The van der Waals surface area contributed by atoms with E-state index >= 15 is 0 Å². The van der Waals surface area contributed by atoms with Crippen molar-refractivity contribution >= 4 is 11.7 Å².